The van der Waals surface area contributed by atoms with E-state index in [-0.39, 0.29) is 11.7 Å². The molecule has 1 aliphatic rings. The molecule has 0 aliphatic heterocycles. The Kier molecular flexibility index (Phi) is 7.20. The predicted octanol–water partition coefficient (Wildman–Crippen LogP) is 5.12. The molecule has 1 fully saturated rings. The number of amides is 2. The fourth-order valence-corrected chi connectivity index (χ4v) is 4.34. The third-order valence-corrected chi connectivity index (χ3v) is 6.25. The van der Waals surface area contributed by atoms with Crippen molar-refractivity contribution < 1.29 is 19.5 Å². The molecule has 1 aromatic heterocycles. The van der Waals surface area contributed by atoms with E-state index in [0.29, 0.717) is 29.2 Å². The van der Waals surface area contributed by atoms with E-state index in [9.17, 15) is 14.4 Å². The van der Waals surface area contributed by atoms with Crippen molar-refractivity contribution in [1.29, 1.82) is 0 Å². The molecule has 2 amide bonds. The summed E-state index contributed by atoms with van der Waals surface area (Å²) in [5.41, 5.74) is 2.78. The summed E-state index contributed by atoms with van der Waals surface area (Å²) in [6, 6.07) is 5.00. The van der Waals surface area contributed by atoms with Gasteiger partial charge in [-0.3, -0.25) is 14.9 Å². The van der Waals surface area contributed by atoms with Crippen LogP contribution in [0.3, 0.4) is 0 Å². The SMILES string of the molecule is Cc1ccc(NC(=O)Nc2nc(CCC(C)C(=O)O)cs2)c(C(=O)C2CCCC2)c1. The Labute approximate surface area is 179 Å². The Morgan fingerprint density at radius 2 is 1.97 bits per heavy atom. The number of carbonyl (C=O) groups is 3. The molecule has 1 atom stereocenters. The predicted molar refractivity (Wildman–Crippen MR) is 117 cm³/mol. The molecular formula is C22H27N3O4S. The average molecular weight is 430 g/mol. The number of carboxylic acids is 1. The Morgan fingerprint density at radius 1 is 1.23 bits per heavy atom. The van der Waals surface area contributed by atoms with Crippen LogP contribution in [0.4, 0.5) is 15.6 Å². The van der Waals surface area contributed by atoms with E-state index in [1.807, 2.05) is 24.4 Å². The number of hydrogen-bond donors (Lipinski definition) is 3. The van der Waals surface area contributed by atoms with Crippen LogP contribution in [0.2, 0.25) is 0 Å². The zero-order valence-corrected chi connectivity index (χ0v) is 18.1. The Hall–Kier alpha value is -2.74. The molecular weight excluding hydrogens is 402 g/mol. The summed E-state index contributed by atoms with van der Waals surface area (Å²) in [5.74, 6) is -1.14. The van der Waals surface area contributed by atoms with Crippen LogP contribution in [-0.2, 0) is 11.2 Å². The van der Waals surface area contributed by atoms with Gasteiger partial charge in [-0.15, -0.1) is 11.3 Å². The first kappa shape index (κ1) is 22.0. The summed E-state index contributed by atoms with van der Waals surface area (Å²) in [4.78, 5) is 40.7. The van der Waals surface area contributed by atoms with E-state index >= 15 is 0 Å². The lowest BCUT2D eigenvalue weighted by atomic mass is 9.94. The van der Waals surface area contributed by atoms with Gasteiger partial charge in [-0.1, -0.05) is 31.4 Å². The molecule has 0 bridgehead atoms. The van der Waals surface area contributed by atoms with E-state index in [0.717, 1.165) is 36.9 Å². The number of carboxylic acid groups (broad SMARTS) is 1. The van der Waals surface area contributed by atoms with Crippen molar-refractivity contribution in [2.24, 2.45) is 11.8 Å². The highest BCUT2D eigenvalue weighted by Crippen LogP contribution is 2.31. The second-order valence-corrected chi connectivity index (χ2v) is 8.75. The lowest BCUT2D eigenvalue weighted by Gasteiger charge is -2.14. The molecule has 3 N–H and O–H groups in total. The minimum absolute atomic E-state index is 0.0325. The molecule has 0 saturated heterocycles. The summed E-state index contributed by atoms with van der Waals surface area (Å²) in [7, 11) is 0. The van der Waals surface area contributed by atoms with E-state index in [4.69, 9.17) is 5.11 Å². The quantitative estimate of drug-likeness (QED) is 0.505. The monoisotopic (exact) mass is 429 g/mol. The third kappa shape index (κ3) is 5.66. The first-order valence-electron chi connectivity index (χ1n) is 10.2. The van der Waals surface area contributed by atoms with Crippen LogP contribution in [0.15, 0.2) is 23.6 Å². The molecule has 0 spiro atoms. The van der Waals surface area contributed by atoms with Crippen LogP contribution >= 0.6 is 11.3 Å². The van der Waals surface area contributed by atoms with Gasteiger partial charge in [0.05, 0.1) is 17.3 Å². The molecule has 0 radical (unpaired) electrons. The van der Waals surface area contributed by atoms with Gasteiger partial charge in [0, 0.05) is 16.9 Å². The van der Waals surface area contributed by atoms with Gasteiger partial charge in [-0.25, -0.2) is 9.78 Å². The van der Waals surface area contributed by atoms with Crippen molar-refractivity contribution in [3.63, 3.8) is 0 Å². The first-order chi connectivity index (χ1) is 14.3. The molecule has 1 aliphatic carbocycles. The van der Waals surface area contributed by atoms with Crippen molar-refractivity contribution in [3.8, 4) is 0 Å². The Balaban J connectivity index is 1.62. The molecule has 30 heavy (non-hydrogen) atoms. The summed E-state index contributed by atoms with van der Waals surface area (Å²) in [6.07, 6.45) is 4.97. The number of Topliss-reactive ketones (excluding diaryl/α,β-unsaturated/α-hetero) is 1. The molecule has 7 nitrogen and oxygen atoms in total. The minimum atomic E-state index is -0.830. The highest BCUT2D eigenvalue weighted by Gasteiger charge is 2.26. The number of urea groups is 1. The van der Waals surface area contributed by atoms with Gasteiger partial charge in [0.2, 0.25) is 0 Å². The number of aryl methyl sites for hydroxylation is 2. The second-order valence-electron chi connectivity index (χ2n) is 7.90. The lowest BCUT2D eigenvalue weighted by molar-refractivity contribution is -0.141. The number of aliphatic carboxylic acids is 1. The smallest absolute Gasteiger partial charge is 0.325 e. The Morgan fingerprint density at radius 3 is 2.67 bits per heavy atom. The number of anilines is 2. The number of aromatic nitrogens is 1. The van der Waals surface area contributed by atoms with Gasteiger partial charge in [0.25, 0.3) is 0 Å². The van der Waals surface area contributed by atoms with Gasteiger partial charge in [0.15, 0.2) is 10.9 Å². The standard InChI is InChI=1S/C22H27N3O4S/c1-13-7-10-18(17(11-13)19(26)15-5-3-4-6-15)24-21(29)25-22-23-16(12-30-22)9-8-14(2)20(27)28/h7,10-12,14-15H,3-6,8-9H2,1-2H3,(H,27,28)(H2,23,24,25,29). The summed E-state index contributed by atoms with van der Waals surface area (Å²) in [6.45, 7) is 3.59. The zero-order valence-electron chi connectivity index (χ0n) is 17.2. The van der Waals surface area contributed by atoms with Crippen LogP contribution in [0.1, 0.15) is 60.6 Å². The van der Waals surface area contributed by atoms with Crippen LogP contribution < -0.4 is 10.6 Å². The van der Waals surface area contributed by atoms with Crippen molar-refractivity contribution in [3.05, 3.63) is 40.4 Å². The summed E-state index contributed by atoms with van der Waals surface area (Å²) < 4.78 is 0. The summed E-state index contributed by atoms with van der Waals surface area (Å²) in [5, 5.41) is 16.7. The molecule has 1 heterocycles. The minimum Gasteiger partial charge on any atom is -0.481 e. The van der Waals surface area contributed by atoms with E-state index < -0.39 is 17.9 Å². The van der Waals surface area contributed by atoms with Gasteiger partial charge >= 0.3 is 12.0 Å². The second kappa shape index (κ2) is 9.84. The van der Waals surface area contributed by atoms with Crippen molar-refractivity contribution in [2.45, 2.75) is 52.4 Å². The topological polar surface area (TPSA) is 108 Å². The highest BCUT2D eigenvalue weighted by atomic mass is 32.1. The lowest BCUT2D eigenvalue weighted by Crippen LogP contribution is -2.22. The maximum atomic E-state index is 12.9. The number of nitrogens with zero attached hydrogens (tertiary/aromatic N) is 1. The first-order valence-corrected chi connectivity index (χ1v) is 11.1. The Bertz CT molecular complexity index is 934. The normalized spacial score (nSPS) is 15.0. The third-order valence-electron chi connectivity index (χ3n) is 5.44. The molecule has 2 aromatic rings. The fourth-order valence-electron chi connectivity index (χ4n) is 3.60. The number of ketones is 1. The molecule has 1 aromatic carbocycles. The zero-order chi connectivity index (χ0) is 21.7. The molecule has 3 rings (SSSR count). The van der Waals surface area contributed by atoms with Crippen molar-refractivity contribution in [1.82, 2.24) is 4.98 Å². The van der Waals surface area contributed by atoms with Crippen LogP contribution in [0.5, 0.6) is 0 Å². The summed E-state index contributed by atoms with van der Waals surface area (Å²) >= 11 is 1.28. The molecule has 1 saturated carbocycles. The van der Waals surface area contributed by atoms with Crippen LogP contribution in [0.25, 0.3) is 0 Å². The van der Waals surface area contributed by atoms with E-state index in [2.05, 4.69) is 15.6 Å². The van der Waals surface area contributed by atoms with Crippen molar-refractivity contribution in [2.75, 3.05) is 10.6 Å². The number of hydrogen-bond acceptors (Lipinski definition) is 5. The molecule has 160 valence electrons. The van der Waals surface area contributed by atoms with Gasteiger partial charge < -0.3 is 10.4 Å². The maximum Gasteiger partial charge on any atom is 0.325 e. The molecule has 8 heteroatoms. The number of carbonyl (C=O) groups excluding carboxylic acids is 2. The van der Waals surface area contributed by atoms with Crippen LogP contribution in [0, 0.1) is 18.8 Å². The maximum absolute atomic E-state index is 12.9. The van der Waals surface area contributed by atoms with Gasteiger partial charge in [0.1, 0.15) is 0 Å². The average Bonchev–Trinajstić information content (AvgIpc) is 3.39. The van der Waals surface area contributed by atoms with E-state index in [1.54, 1.807) is 13.0 Å². The number of rotatable bonds is 8. The largest absolute Gasteiger partial charge is 0.481 e. The van der Waals surface area contributed by atoms with Gasteiger partial charge in [-0.2, -0.15) is 0 Å². The molecule has 1 unspecified atom stereocenters. The number of nitrogens with one attached hydrogen (secondary N) is 2. The van der Waals surface area contributed by atoms with Crippen LogP contribution in [-0.4, -0.2) is 27.9 Å². The van der Waals surface area contributed by atoms with Crippen molar-refractivity contribution >= 4 is 39.9 Å². The fraction of sp³-hybridized carbons (Fsp3) is 0.455. The van der Waals surface area contributed by atoms with Gasteiger partial charge in [-0.05, 0) is 44.7 Å². The number of thiazole rings is 1. The number of benzene rings is 1. The highest BCUT2D eigenvalue weighted by molar-refractivity contribution is 7.13. The van der Waals surface area contributed by atoms with E-state index in [1.165, 1.54) is 11.3 Å².